The van der Waals surface area contributed by atoms with Crippen molar-refractivity contribution in [2.24, 2.45) is 0 Å². The lowest BCUT2D eigenvalue weighted by Gasteiger charge is -2.19. The van der Waals surface area contributed by atoms with Crippen LogP contribution < -0.4 is 9.80 Å². The summed E-state index contributed by atoms with van der Waals surface area (Å²) in [5, 5.41) is 0. The van der Waals surface area contributed by atoms with E-state index in [9.17, 15) is 0 Å². The van der Waals surface area contributed by atoms with Crippen LogP contribution in [0.3, 0.4) is 0 Å². The highest BCUT2D eigenvalue weighted by molar-refractivity contribution is 5.50. The molecule has 0 aliphatic carbocycles. The summed E-state index contributed by atoms with van der Waals surface area (Å²) in [5.41, 5.74) is 5.18. The predicted molar refractivity (Wildman–Crippen MR) is 102 cm³/mol. The summed E-state index contributed by atoms with van der Waals surface area (Å²) >= 11 is 0. The highest BCUT2D eigenvalue weighted by Crippen LogP contribution is 2.21. The number of benzene rings is 2. The van der Waals surface area contributed by atoms with Crippen molar-refractivity contribution in [3.63, 3.8) is 0 Å². The second kappa shape index (κ2) is 7.06. The molecule has 2 aliphatic rings. The fourth-order valence-corrected chi connectivity index (χ4v) is 3.14. The number of epoxide rings is 2. The van der Waals surface area contributed by atoms with Crippen LogP contribution in [-0.4, -0.2) is 52.6 Å². The Kier molecular flexibility index (Phi) is 4.64. The molecule has 4 rings (SSSR count). The topological polar surface area (TPSA) is 31.5 Å². The SMILES string of the molecule is CN(CC1CO1)c1ccc(Cc2ccc(N(C)CC3CO3)cc2)cc1. The standard InChI is InChI=1S/C21H26N2O2/c1-22(12-20-14-24-20)18-7-3-16(4-8-18)11-17-5-9-19(10-6-17)23(2)13-21-15-25-21/h3-10,20-21H,11-15H2,1-2H3. The Balaban J connectivity index is 1.34. The first kappa shape index (κ1) is 16.4. The smallest absolute Gasteiger partial charge is 0.0984 e. The van der Waals surface area contributed by atoms with Gasteiger partial charge in [-0.25, -0.2) is 0 Å². The zero-order valence-electron chi connectivity index (χ0n) is 15.0. The molecule has 2 aliphatic heterocycles. The van der Waals surface area contributed by atoms with Crippen molar-refractivity contribution >= 4 is 11.4 Å². The Morgan fingerprint density at radius 2 is 1.08 bits per heavy atom. The van der Waals surface area contributed by atoms with Gasteiger partial charge in [0.2, 0.25) is 0 Å². The molecule has 2 fully saturated rings. The molecule has 0 spiro atoms. The van der Waals surface area contributed by atoms with Gasteiger partial charge >= 0.3 is 0 Å². The van der Waals surface area contributed by atoms with Gasteiger partial charge in [-0.05, 0) is 41.8 Å². The summed E-state index contributed by atoms with van der Waals surface area (Å²) in [6, 6.07) is 17.7. The van der Waals surface area contributed by atoms with E-state index in [4.69, 9.17) is 9.47 Å². The molecule has 0 bridgehead atoms. The number of nitrogens with zero attached hydrogens (tertiary/aromatic N) is 2. The minimum atomic E-state index is 0.424. The molecule has 2 saturated heterocycles. The maximum atomic E-state index is 5.30. The predicted octanol–water partition coefficient (Wildman–Crippen LogP) is 2.95. The minimum Gasteiger partial charge on any atom is -0.372 e. The molecule has 0 saturated carbocycles. The third kappa shape index (κ3) is 4.53. The van der Waals surface area contributed by atoms with Crippen LogP contribution in [-0.2, 0) is 15.9 Å². The van der Waals surface area contributed by atoms with E-state index in [1.54, 1.807) is 0 Å². The van der Waals surface area contributed by atoms with Gasteiger partial charge in [0, 0.05) is 38.6 Å². The third-order valence-corrected chi connectivity index (χ3v) is 4.92. The molecule has 2 atom stereocenters. The number of ether oxygens (including phenoxy) is 2. The zero-order valence-corrected chi connectivity index (χ0v) is 15.0. The van der Waals surface area contributed by atoms with Gasteiger partial charge in [-0.1, -0.05) is 24.3 Å². The maximum absolute atomic E-state index is 5.30. The van der Waals surface area contributed by atoms with E-state index < -0.39 is 0 Å². The molecule has 2 aromatic rings. The Bertz CT molecular complexity index is 629. The lowest BCUT2D eigenvalue weighted by molar-refractivity contribution is 0.410. The van der Waals surface area contributed by atoms with Crippen LogP contribution in [0.1, 0.15) is 11.1 Å². The summed E-state index contributed by atoms with van der Waals surface area (Å²) in [7, 11) is 4.25. The Morgan fingerprint density at radius 3 is 1.40 bits per heavy atom. The van der Waals surface area contributed by atoms with E-state index >= 15 is 0 Å². The molecule has 0 radical (unpaired) electrons. The number of likely N-dealkylation sites (N-methyl/N-ethyl adjacent to an activating group) is 2. The Hall–Kier alpha value is -2.04. The summed E-state index contributed by atoms with van der Waals surface area (Å²) in [6.45, 7) is 3.75. The molecule has 2 aromatic carbocycles. The largest absolute Gasteiger partial charge is 0.372 e. The van der Waals surface area contributed by atoms with Crippen LogP contribution in [0.2, 0.25) is 0 Å². The van der Waals surface area contributed by atoms with Crippen molar-refractivity contribution in [2.45, 2.75) is 18.6 Å². The van der Waals surface area contributed by atoms with E-state index in [-0.39, 0.29) is 0 Å². The van der Waals surface area contributed by atoms with Crippen LogP contribution in [0.5, 0.6) is 0 Å². The van der Waals surface area contributed by atoms with Crippen LogP contribution in [0.4, 0.5) is 11.4 Å². The first-order valence-corrected chi connectivity index (χ1v) is 9.01. The third-order valence-electron chi connectivity index (χ3n) is 4.92. The first-order valence-electron chi connectivity index (χ1n) is 9.01. The van der Waals surface area contributed by atoms with Gasteiger partial charge in [-0.15, -0.1) is 0 Å². The van der Waals surface area contributed by atoms with Crippen LogP contribution in [0.15, 0.2) is 48.5 Å². The van der Waals surface area contributed by atoms with Crippen molar-refractivity contribution < 1.29 is 9.47 Å². The van der Waals surface area contributed by atoms with Crippen LogP contribution in [0.25, 0.3) is 0 Å². The van der Waals surface area contributed by atoms with E-state index in [2.05, 4.69) is 72.4 Å². The van der Waals surface area contributed by atoms with Crippen molar-refractivity contribution in [1.82, 2.24) is 0 Å². The summed E-state index contributed by atoms with van der Waals surface area (Å²) < 4.78 is 10.6. The zero-order chi connectivity index (χ0) is 17.2. The molecule has 0 N–H and O–H groups in total. The quantitative estimate of drug-likeness (QED) is 0.693. The number of rotatable bonds is 8. The van der Waals surface area contributed by atoms with Gasteiger partial charge in [0.05, 0.1) is 25.4 Å². The minimum absolute atomic E-state index is 0.424. The molecule has 2 heterocycles. The molecule has 4 heteroatoms. The van der Waals surface area contributed by atoms with Crippen molar-refractivity contribution in [1.29, 1.82) is 0 Å². The molecular formula is C21H26N2O2. The van der Waals surface area contributed by atoms with Gasteiger partial charge in [0.1, 0.15) is 0 Å². The van der Waals surface area contributed by atoms with Gasteiger partial charge < -0.3 is 19.3 Å². The maximum Gasteiger partial charge on any atom is 0.0984 e. The monoisotopic (exact) mass is 338 g/mol. The average molecular weight is 338 g/mol. The fourth-order valence-electron chi connectivity index (χ4n) is 3.14. The summed E-state index contributed by atoms with van der Waals surface area (Å²) in [5.74, 6) is 0. The average Bonchev–Trinajstić information content (AvgIpc) is 3.53. The first-order chi connectivity index (χ1) is 12.2. The highest BCUT2D eigenvalue weighted by Gasteiger charge is 2.24. The van der Waals surface area contributed by atoms with Crippen molar-refractivity contribution in [3.8, 4) is 0 Å². The molecule has 2 unspecified atom stereocenters. The van der Waals surface area contributed by atoms with E-state index in [0.717, 1.165) is 32.7 Å². The van der Waals surface area contributed by atoms with E-state index in [0.29, 0.717) is 12.2 Å². The highest BCUT2D eigenvalue weighted by atomic mass is 16.6. The number of anilines is 2. The normalized spacial score (nSPS) is 21.0. The van der Waals surface area contributed by atoms with Gasteiger partial charge in [-0.3, -0.25) is 0 Å². The molecule has 132 valence electrons. The van der Waals surface area contributed by atoms with Gasteiger partial charge in [0.25, 0.3) is 0 Å². The Labute approximate surface area is 150 Å². The molecular weight excluding hydrogens is 312 g/mol. The molecule has 25 heavy (non-hydrogen) atoms. The van der Waals surface area contributed by atoms with E-state index in [1.807, 2.05) is 0 Å². The van der Waals surface area contributed by atoms with Crippen LogP contribution >= 0.6 is 0 Å². The van der Waals surface area contributed by atoms with E-state index in [1.165, 1.54) is 22.5 Å². The number of hydrogen-bond donors (Lipinski definition) is 0. The Morgan fingerprint density at radius 1 is 0.720 bits per heavy atom. The van der Waals surface area contributed by atoms with Crippen molar-refractivity contribution in [3.05, 3.63) is 59.7 Å². The summed E-state index contributed by atoms with van der Waals surface area (Å²) in [4.78, 5) is 4.52. The van der Waals surface area contributed by atoms with Crippen LogP contribution in [0, 0.1) is 0 Å². The van der Waals surface area contributed by atoms with Crippen molar-refractivity contribution in [2.75, 3.05) is 50.2 Å². The van der Waals surface area contributed by atoms with Gasteiger partial charge in [-0.2, -0.15) is 0 Å². The summed E-state index contributed by atoms with van der Waals surface area (Å²) in [6.07, 6.45) is 1.81. The second-order valence-corrected chi connectivity index (χ2v) is 7.18. The fraction of sp³-hybridized carbons (Fsp3) is 0.429. The number of hydrogen-bond acceptors (Lipinski definition) is 4. The molecule has 0 aromatic heterocycles. The lowest BCUT2D eigenvalue weighted by atomic mass is 10.0. The molecule has 4 nitrogen and oxygen atoms in total. The van der Waals surface area contributed by atoms with Gasteiger partial charge in [0.15, 0.2) is 0 Å². The lowest BCUT2D eigenvalue weighted by Crippen LogP contribution is -2.22. The molecule has 0 amide bonds. The second-order valence-electron chi connectivity index (χ2n) is 7.18.